The summed E-state index contributed by atoms with van der Waals surface area (Å²) < 4.78 is 0. The predicted octanol–water partition coefficient (Wildman–Crippen LogP) is 1.27. The maximum absolute atomic E-state index is 9.75. The maximum atomic E-state index is 9.75. The molecule has 0 aromatic heterocycles. The third-order valence-corrected chi connectivity index (χ3v) is 3.40. The van der Waals surface area contributed by atoms with Crippen molar-refractivity contribution in [2.75, 3.05) is 13.2 Å². The molecule has 0 spiro atoms. The summed E-state index contributed by atoms with van der Waals surface area (Å²) in [6, 6.07) is 0. The van der Waals surface area contributed by atoms with Crippen LogP contribution in [0.1, 0.15) is 58.8 Å². The Morgan fingerprint density at radius 3 is 2.00 bits per heavy atom. The third-order valence-electron chi connectivity index (χ3n) is 3.40. The van der Waals surface area contributed by atoms with Crippen LogP contribution in [0.25, 0.3) is 0 Å². The molecule has 0 aliphatic rings. The Morgan fingerprint density at radius 1 is 0.950 bits per heavy atom. The molecule has 0 rings (SSSR count). The van der Waals surface area contributed by atoms with Crippen molar-refractivity contribution in [3.05, 3.63) is 0 Å². The molecule has 0 heterocycles. The van der Waals surface area contributed by atoms with Crippen LogP contribution in [0.5, 0.6) is 0 Å². The van der Waals surface area contributed by atoms with Crippen LogP contribution < -0.4 is 0 Å². The van der Waals surface area contributed by atoms with Crippen molar-refractivity contribution in [3.63, 3.8) is 0 Å². The average molecular weight is 289 g/mol. The summed E-state index contributed by atoms with van der Waals surface area (Å²) >= 11 is 0. The Morgan fingerprint density at radius 2 is 1.50 bits per heavy atom. The largest absolute Gasteiger partial charge is 0.391 e. The Hall–Kier alpha value is -0.490. The van der Waals surface area contributed by atoms with Gasteiger partial charge in [0, 0.05) is 6.54 Å². The van der Waals surface area contributed by atoms with Gasteiger partial charge in [-0.1, -0.05) is 45.4 Å². The van der Waals surface area contributed by atoms with Crippen molar-refractivity contribution in [2.24, 2.45) is 4.99 Å². The zero-order valence-corrected chi connectivity index (χ0v) is 12.8. The Balaban J connectivity index is 3.90. The minimum absolute atomic E-state index is 0.143. The highest BCUT2D eigenvalue weighted by molar-refractivity contribution is 5.90. The molecule has 0 aliphatic heterocycles. The standard InChI is InChI=1S/C15H31NO4/c1-3-4-5-6-7-8-9-10-16-13(11-17)15(20)14(19)12(2)18/h12,14-15,17-20H,3-11H2,1-2H3/t12-,14+,15+/m0/s1. The second kappa shape index (κ2) is 12.3. The molecule has 0 aromatic rings. The van der Waals surface area contributed by atoms with E-state index in [4.69, 9.17) is 5.11 Å². The van der Waals surface area contributed by atoms with Gasteiger partial charge in [0.2, 0.25) is 0 Å². The van der Waals surface area contributed by atoms with Crippen LogP contribution in [0.2, 0.25) is 0 Å². The first kappa shape index (κ1) is 19.5. The van der Waals surface area contributed by atoms with E-state index >= 15 is 0 Å². The van der Waals surface area contributed by atoms with E-state index in [0.29, 0.717) is 6.54 Å². The van der Waals surface area contributed by atoms with E-state index in [1.807, 2.05) is 0 Å². The van der Waals surface area contributed by atoms with Gasteiger partial charge in [0.25, 0.3) is 0 Å². The van der Waals surface area contributed by atoms with Crippen LogP contribution in [0.15, 0.2) is 4.99 Å². The molecule has 0 amide bonds. The Labute approximate surface area is 122 Å². The normalized spacial score (nSPS) is 17.0. The molecule has 4 N–H and O–H groups in total. The fourth-order valence-electron chi connectivity index (χ4n) is 1.99. The van der Waals surface area contributed by atoms with Crippen LogP contribution >= 0.6 is 0 Å². The number of hydrogen-bond acceptors (Lipinski definition) is 5. The minimum Gasteiger partial charge on any atom is -0.391 e. The maximum Gasteiger partial charge on any atom is 0.122 e. The van der Waals surface area contributed by atoms with Gasteiger partial charge in [-0.15, -0.1) is 0 Å². The molecule has 0 fully saturated rings. The summed E-state index contributed by atoms with van der Waals surface area (Å²) in [7, 11) is 0. The monoisotopic (exact) mass is 289 g/mol. The van der Waals surface area contributed by atoms with Gasteiger partial charge in [0.05, 0.1) is 18.4 Å². The summed E-state index contributed by atoms with van der Waals surface area (Å²) in [6.07, 6.45) is 4.56. The number of aliphatic hydroxyl groups excluding tert-OH is 4. The molecule has 0 radical (unpaired) electrons. The second-order valence-electron chi connectivity index (χ2n) is 5.33. The lowest BCUT2D eigenvalue weighted by Gasteiger charge is -2.21. The van der Waals surface area contributed by atoms with Crippen molar-refractivity contribution >= 4 is 5.71 Å². The molecule has 5 nitrogen and oxygen atoms in total. The first-order valence-electron chi connectivity index (χ1n) is 7.72. The van der Waals surface area contributed by atoms with Crippen LogP contribution in [0.4, 0.5) is 0 Å². The minimum atomic E-state index is -1.31. The summed E-state index contributed by atoms with van der Waals surface area (Å²) in [5.74, 6) is 0. The van der Waals surface area contributed by atoms with Crippen LogP contribution in [0, 0.1) is 0 Å². The van der Waals surface area contributed by atoms with E-state index in [0.717, 1.165) is 12.8 Å². The fourth-order valence-corrected chi connectivity index (χ4v) is 1.99. The van der Waals surface area contributed by atoms with Crippen LogP contribution in [-0.2, 0) is 0 Å². The zero-order chi connectivity index (χ0) is 15.4. The molecule has 0 bridgehead atoms. The molecular weight excluding hydrogens is 258 g/mol. The molecule has 3 atom stereocenters. The van der Waals surface area contributed by atoms with Gasteiger partial charge in [-0.05, 0) is 13.3 Å². The SMILES string of the molecule is CCCCCCCCCN=C(CO)[C@@H](O)[C@H](O)[C@H](C)O. The number of aliphatic imine (C=N–C) groups is 1. The summed E-state index contributed by atoms with van der Waals surface area (Å²) in [5, 5.41) is 37.6. The summed E-state index contributed by atoms with van der Waals surface area (Å²) in [6.45, 7) is 3.71. The van der Waals surface area contributed by atoms with Gasteiger partial charge in [0.1, 0.15) is 12.2 Å². The van der Waals surface area contributed by atoms with E-state index in [2.05, 4.69) is 11.9 Å². The van der Waals surface area contributed by atoms with E-state index in [1.54, 1.807) is 0 Å². The van der Waals surface area contributed by atoms with Crippen molar-refractivity contribution in [1.29, 1.82) is 0 Å². The Bertz CT molecular complexity index is 256. The summed E-state index contributed by atoms with van der Waals surface area (Å²) in [5.41, 5.74) is 0.143. The van der Waals surface area contributed by atoms with Crippen LogP contribution in [0.3, 0.4) is 0 Å². The molecule has 0 saturated carbocycles. The molecule has 0 aromatic carbocycles. The van der Waals surface area contributed by atoms with E-state index in [-0.39, 0.29) is 5.71 Å². The Kier molecular flexibility index (Phi) is 12.0. The van der Waals surface area contributed by atoms with E-state index < -0.39 is 24.9 Å². The number of unbranched alkanes of at least 4 members (excludes halogenated alkanes) is 6. The molecule has 5 heteroatoms. The molecule has 0 aliphatic carbocycles. The first-order valence-corrected chi connectivity index (χ1v) is 7.72. The van der Waals surface area contributed by atoms with Crippen molar-refractivity contribution in [2.45, 2.75) is 77.1 Å². The lowest BCUT2D eigenvalue weighted by Crippen LogP contribution is -2.42. The van der Waals surface area contributed by atoms with E-state index in [1.165, 1.54) is 39.0 Å². The highest BCUT2D eigenvalue weighted by Crippen LogP contribution is 2.07. The van der Waals surface area contributed by atoms with Gasteiger partial charge in [0.15, 0.2) is 0 Å². The van der Waals surface area contributed by atoms with Crippen molar-refractivity contribution in [1.82, 2.24) is 0 Å². The molecule has 20 heavy (non-hydrogen) atoms. The predicted molar refractivity (Wildman–Crippen MR) is 81.1 cm³/mol. The topological polar surface area (TPSA) is 93.3 Å². The highest BCUT2D eigenvalue weighted by Gasteiger charge is 2.25. The molecule has 0 saturated heterocycles. The van der Waals surface area contributed by atoms with Crippen molar-refractivity contribution < 1.29 is 20.4 Å². The average Bonchev–Trinajstić information content (AvgIpc) is 2.44. The number of rotatable bonds is 12. The van der Waals surface area contributed by atoms with Gasteiger partial charge in [-0.25, -0.2) is 0 Å². The number of aliphatic hydroxyl groups is 4. The van der Waals surface area contributed by atoms with Gasteiger partial charge >= 0.3 is 0 Å². The van der Waals surface area contributed by atoms with Crippen molar-refractivity contribution in [3.8, 4) is 0 Å². The van der Waals surface area contributed by atoms with Crippen LogP contribution in [-0.4, -0.2) is 57.6 Å². The quantitative estimate of drug-likeness (QED) is 0.321. The number of nitrogens with zero attached hydrogens (tertiary/aromatic N) is 1. The molecular formula is C15H31NO4. The lowest BCUT2D eigenvalue weighted by atomic mass is 10.0. The fraction of sp³-hybridized carbons (Fsp3) is 0.933. The second-order valence-corrected chi connectivity index (χ2v) is 5.33. The lowest BCUT2D eigenvalue weighted by molar-refractivity contribution is -0.0271. The van der Waals surface area contributed by atoms with Gasteiger partial charge < -0.3 is 20.4 Å². The molecule has 120 valence electrons. The number of hydrogen-bond donors (Lipinski definition) is 4. The first-order chi connectivity index (χ1) is 9.54. The van der Waals surface area contributed by atoms with E-state index in [9.17, 15) is 15.3 Å². The van der Waals surface area contributed by atoms with Gasteiger partial charge in [-0.3, -0.25) is 4.99 Å². The smallest absolute Gasteiger partial charge is 0.122 e. The van der Waals surface area contributed by atoms with Gasteiger partial charge in [-0.2, -0.15) is 0 Å². The zero-order valence-electron chi connectivity index (χ0n) is 12.8. The highest BCUT2D eigenvalue weighted by atomic mass is 16.4. The molecule has 0 unspecified atom stereocenters. The third kappa shape index (κ3) is 8.64. The summed E-state index contributed by atoms with van der Waals surface area (Å²) in [4.78, 5) is 4.13.